The molecular weight excluding hydrogens is 284 g/mol. The van der Waals surface area contributed by atoms with Crippen LogP contribution in [0.5, 0.6) is 0 Å². The highest BCUT2D eigenvalue weighted by Gasteiger charge is 2.30. The van der Waals surface area contributed by atoms with Gasteiger partial charge in [0, 0.05) is 6.04 Å². The summed E-state index contributed by atoms with van der Waals surface area (Å²) >= 11 is 0. The number of sulfonamides is 1. The predicted octanol–water partition coefficient (Wildman–Crippen LogP) is 2.95. The lowest BCUT2D eigenvalue weighted by Gasteiger charge is -2.35. The molecule has 1 N–H and O–H groups in total. The summed E-state index contributed by atoms with van der Waals surface area (Å²) in [6.07, 6.45) is 4.02. The average Bonchev–Trinajstić information content (AvgIpc) is 2.37. The summed E-state index contributed by atoms with van der Waals surface area (Å²) in [5.74, 6) is -0.0321. The van der Waals surface area contributed by atoms with Crippen LogP contribution >= 0.6 is 0 Å². The lowest BCUT2D eigenvalue weighted by atomic mass is 9.75. The molecule has 0 radical (unpaired) electrons. The maximum absolute atomic E-state index is 12.3. The number of hydrogen-bond donors (Lipinski definition) is 1. The molecule has 1 saturated carbocycles. The van der Waals surface area contributed by atoms with Crippen LogP contribution in [0.1, 0.15) is 50.7 Å². The van der Waals surface area contributed by atoms with E-state index in [2.05, 4.69) is 18.6 Å². The lowest BCUT2D eigenvalue weighted by molar-refractivity contribution is 0.212. The Morgan fingerprint density at radius 1 is 1.33 bits per heavy atom. The van der Waals surface area contributed by atoms with E-state index in [4.69, 9.17) is 5.26 Å². The second-order valence-electron chi connectivity index (χ2n) is 6.64. The summed E-state index contributed by atoms with van der Waals surface area (Å²) in [6.45, 7) is 4.38. The van der Waals surface area contributed by atoms with Gasteiger partial charge in [-0.1, -0.05) is 32.4 Å². The second-order valence-corrected chi connectivity index (χ2v) is 8.40. The first-order valence-corrected chi connectivity index (χ1v) is 8.94. The van der Waals surface area contributed by atoms with Crippen LogP contribution in [0.25, 0.3) is 0 Å². The Kier molecular flexibility index (Phi) is 4.70. The first-order valence-electron chi connectivity index (χ1n) is 7.29. The first kappa shape index (κ1) is 16.0. The van der Waals surface area contributed by atoms with Crippen molar-refractivity contribution in [1.82, 2.24) is 4.72 Å². The van der Waals surface area contributed by atoms with Crippen LogP contribution < -0.4 is 4.72 Å². The van der Waals surface area contributed by atoms with Gasteiger partial charge in [-0.2, -0.15) is 5.26 Å². The summed E-state index contributed by atoms with van der Waals surface area (Å²) in [7, 11) is -3.34. The first-order chi connectivity index (χ1) is 9.80. The molecular formula is C16H22N2O2S. The van der Waals surface area contributed by atoms with Crippen LogP contribution in [-0.4, -0.2) is 14.5 Å². The molecule has 1 atom stereocenters. The lowest BCUT2D eigenvalue weighted by Crippen LogP contribution is -2.41. The van der Waals surface area contributed by atoms with E-state index in [0.29, 0.717) is 11.1 Å². The SMILES string of the molecule is CC1(C)CCCC(NS(=O)(=O)Cc2ccc(C#N)cc2)C1. The third-order valence-electron chi connectivity index (χ3n) is 3.99. The number of nitrogens with one attached hydrogen (secondary N) is 1. The Hall–Kier alpha value is -1.38. The highest BCUT2D eigenvalue weighted by Crippen LogP contribution is 2.35. The van der Waals surface area contributed by atoms with Crippen molar-refractivity contribution in [2.24, 2.45) is 5.41 Å². The number of benzene rings is 1. The summed E-state index contributed by atoms with van der Waals surface area (Å²) in [5, 5.41) is 8.75. The van der Waals surface area contributed by atoms with E-state index in [9.17, 15) is 8.42 Å². The van der Waals surface area contributed by atoms with Crippen LogP contribution in [0, 0.1) is 16.7 Å². The zero-order valence-electron chi connectivity index (χ0n) is 12.6. The maximum atomic E-state index is 12.3. The van der Waals surface area contributed by atoms with Gasteiger partial charge in [0.2, 0.25) is 10.0 Å². The topological polar surface area (TPSA) is 70.0 Å². The molecule has 0 amide bonds. The molecule has 0 aliphatic heterocycles. The highest BCUT2D eigenvalue weighted by atomic mass is 32.2. The van der Waals surface area contributed by atoms with Gasteiger partial charge in [-0.05, 0) is 42.4 Å². The van der Waals surface area contributed by atoms with Gasteiger partial charge in [0.25, 0.3) is 0 Å². The molecule has 114 valence electrons. The largest absolute Gasteiger partial charge is 0.216 e. The molecule has 1 aromatic carbocycles. The van der Waals surface area contributed by atoms with Gasteiger partial charge in [-0.3, -0.25) is 0 Å². The summed E-state index contributed by atoms with van der Waals surface area (Å²) in [6, 6.07) is 8.75. The van der Waals surface area contributed by atoms with E-state index in [1.54, 1.807) is 24.3 Å². The monoisotopic (exact) mass is 306 g/mol. The van der Waals surface area contributed by atoms with E-state index in [1.165, 1.54) is 0 Å². The normalized spacial score (nSPS) is 21.7. The Morgan fingerprint density at radius 3 is 2.57 bits per heavy atom. The van der Waals surface area contributed by atoms with Crippen LogP contribution in [0.15, 0.2) is 24.3 Å². The molecule has 5 heteroatoms. The van der Waals surface area contributed by atoms with E-state index in [-0.39, 0.29) is 17.2 Å². The summed E-state index contributed by atoms with van der Waals surface area (Å²) < 4.78 is 27.4. The standard InChI is InChI=1S/C16H22N2O2S/c1-16(2)9-3-4-15(10-16)18-21(19,20)12-14-7-5-13(11-17)6-8-14/h5-8,15,18H,3-4,9-10,12H2,1-2H3. The fourth-order valence-corrected chi connectivity index (χ4v) is 4.41. The zero-order chi connectivity index (χ0) is 15.5. The molecule has 1 aromatic rings. The van der Waals surface area contributed by atoms with Gasteiger partial charge in [-0.25, -0.2) is 13.1 Å². The van der Waals surface area contributed by atoms with E-state index < -0.39 is 10.0 Å². The van der Waals surface area contributed by atoms with Gasteiger partial charge in [-0.15, -0.1) is 0 Å². The molecule has 4 nitrogen and oxygen atoms in total. The van der Waals surface area contributed by atoms with E-state index in [0.717, 1.165) is 25.7 Å². The van der Waals surface area contributed by atoms with Crippen LogP contribution in [0.4, 0.5) is 0 Å². The van der Waals surface area contributed by atoms with E-state index in [1.807, 2.05) is 6.07 Å². The average molecular weight is 306 g/mol. The van der Waals surface area contributed by atoms with Crippen molar-refractivity contribution < 1.29 is 8.42 Å². The predicted molar refractivity (Wildman–Crippen MR) is 83.0 cm³/mol. The second kappa shape index (κ2) is 6.17. The number of nitrogens with zero attached hydrogens (tertiary/aromatic N) is 1. The van der Waals surface area contributed by atoms with Crippen molar-refractivity contribution in [2.75, 3.05) is 0 Å². The molecule has 1 aliphatic rings. The molecule has 2 rings (SSSR count). The molecule has 0 spiro atoms. The smallest absolute Gasteiger partial charge is 0.212 e. The Labute approximate surface area is 127 Å². The summed E-state index contributed by atoms with van der Waals surface area (Å²) in [5.41, 5.74) is 1.45. The molecule has 1 unspecified atom stereocenters. The Morgan fingerprint density at radius 2 is 2.00 bits per heavy atom. The molecule has 0 bridgehead atoms. The maximum Gasteiger partial charge on any atom is 0.216 e. The van der Waals surface area contributed by atoms with Gasteiger partial charge >= 0.3 is 0 Å². The van der Waals surface area contributed by atoms with Crippen LogP contribution in [0.2, 0.25) is 0 Å². The minimum absolute atomic E-state index is 0.0321. The van der Waals surface area contributed by atoms with Crippen molar-refractivity contribution in [1.29, 1.82) is 5.26 Å². The fraction of sp³-hybridized carbons (Fsp3) is 0.562. The number of nitriles is 1. The third kappa shape index (κ3) is 4.83. The highest BCUT2D eigenvalue weighted by molar-refractivity contribution is 7.88. The van der Waals surface area contributed by atoms with Crippen molar-refractivity contribution >= 4 is 10.0 Å². The molecule has 0 saturated heterocycles. The van der Waals surface area contributed by atoms with Gasteiger partial charge in [0.1, 0.15) is 0 Å². The molecule has 0 heterocycles. The quantitative estimate of drug-likeness (QED) is 0.929. The van der Waals surface area contributed by atoms with Crippen molar-refractivity contribution in [3.63, 3.8) is 0 Å². The van der Waals surface area contributed by atoms with Crippen molar-refractivity contribution in [3.8, 4) is 6.07 Å². The number of hydrogen-bond acceptors (Lipinski definition) is 3. The molecule has 21 heavy (non-hydrogen) atoms. The zero-order valence-corrected chi connectivity index (χ0v) is 13.4. The van der Waals surface area contributed by atoms with Gasteiger partial charge in [0.05, 0.1) is 17.4 Å². The Bertz CT molecular complexity index is 627. The fourth-order valence-electron chi connectivity index (χ4n) is 2.99. The van der Waals surface area contributed by atoms with Crippen molar-refractivity contribution in [3.05, 3.63) is 35.4 Å². The minimum atomic E-state index is -3.34. The minimum Gasteiger partial charge on any atom is -0.212 e. The summed E-state index contributed by atoms with van der Waals surface area (Å²) in [4.78, 5) is 0. The van der Waals surface area contributed by atoms with Gasteiger partial charge in [0.15, 0.2) is 0 Å². The molecule has 0 aromatic heterocycles. The van der Waals surface area contributed by atoms with Crippen LogP contribution in [0.3, 0.4) is 0 Å². The van der Waals surface area contributed by atoms with Gasteiger partial charge < -0.3 is 0 Å². The van der Waals surface area contributed by atoms with Crippen LogP contribution in [-0.2, 0) is 15.8 Å². The Balaban J connectivity index is 2.00. The molecule has 1 fully saturated rings. The van der Waals surface area contributed by atoms with Crippen molar-refractivity contribution in [2.45, 2.75) is 51.3 Å². The number of rotatable bonds is 4. The third-order valence-corrected chi connectivity index (χ3v) is 5.40. The molecule has 1 aliphatic carbocycles. The van der Waals surface area contributed by atoms with E-state index >= 15 is 0 Å².